The van der Waals surface area contributed by atoms with E-state index in [1.807, 2.05) is 42.5 Å². The van der Waals surface area contributed by atoms with E-state index in [4.69, 9.17) is 0 Å². The average molecular weight is 325 g/mol. The third kappa shape index (κ3) is 3.75. The lowest BCUT2D eigenvalue weighted by Gasteiger charge is -2.24. The fourth-order valence-corrected chi connectivity index (χ4v) is 3.53. The monoisotopic (exact) mass is 325 g/mol. The van der Waals surface area contributed by atoms with E-state index < -0.39 is 11.9 Å². The van der Waals surface area contributed by atoms with Gasteiger partial charge in [-0.05, 0) is 35.6 Å². The maximum Gasteiger partial charge on any atom is 0.316 e. The van der Waals surface area contributed by atoms with Crippen LogP contribution in [0.25, 0.3) is 10.8 Å². The highest BCUT2D eigenvalue weighted by molar-refractivity contribution is 5.98. The van der Waals surface area contributed by atoms with Crippen LogP contribution in [0.1, 0.15) is 37.7 Å². The van der Waals surface area contributed by atoms with Gasteiger partial charge in [-0.2, -0.15) is 0 Å². The first-order chi connectivity index (χ1) is 11.6. The number of fused-ring (bicyclic) bond motifs is 1. The highest BCUT2D eigenvalue weighted by atomic mass is 16.4. The van der Waals surface area contributed by atoms with Gasteiger partial charge in [0.25, 0.3) is 0 Å². The molecule has 0 radical (unpaired) electrons. The van der Waals surface area contributed by atoms with Crippen LogP contribution in [0.15, 0.2) is 42.5 Å². The van der Waals surface area contributed by atoms with Crippen LogP contribution in [-0.2, 0) is 16.0 Å². The Kier molecular flexibility index (Phi) is 5.14. The van der Waals surface area contributed by atoms with E-state index in [2.05, 4.69) is 5.32 Å². The summed E-state index contributed by atoms with van der Waals surface area (Å²) in [5.41, 5.74) is 0.902. The summed E-state index contributed by atoms with van der Waals surface area (Å²) >= 11 is 0. The Hall–Kier alpha value is -2.36. The molecule has 1 atom stereocenters. The maximum atomic E-state index is 12.5. The van der Waals surface area contributed by atoms with Crippen molar-refractivity contribution in [1.82, 2.24) is 5.32 Å². The second-order valence-corrected chi connectivity index (χ2v) is 6.58. The third-order valence-electron chi connectivity index (χ3n) is 4.87. The van der Waals surface area contributed by atoms with Gasteiger partial charge in [-0.3, -0.25) is 9.59 Å². The van der Waals surface area contributed by atoms with Crippen LogP contribution in [0.5, 0.6) is 0 Å². The Morgan fingerprint density at radius 1 is 1.04 bits per heavy atom. The third-order valence-corrected chi connectivity index (χ3v) is 4.87. The number of amides is 1. The van der Waals surface area contributed by atoms with E-state index >= 15 is 0 Å². The number of carbonyl (C=O) groups is 2. The maximum absolute atomic E-state index is 12.5. The first-order valence-corrected chi connectivity index (χ1v) is 8.65. The van der Waals surface area contributed by atoms with Crippen LogP contribution in [0, 0.1) is 5.92 Å². The quantitative estimate of drug-likeness (QED) is 0.827. The second kappa shape index (κ2) is 7.47. The van der Waals surface area contributed by atoms with Crippen molar-refractivity contribution in [2.45, 2.75) is 44.6 Å². The summed E-state index contributed by atoms with van der Waals surface area (Å²) in [6, 6.07) is 13.8. The van der Waals surface area contributed by atoms with Gasteiger partial charge >= 0.3 is 5.97 Å². The van der Waals surface area contributed by atoms with Crippen LogP contribution in [-0.4, -0.2) is 23.0 Å². The molecule has 2 aromatic carbocycles. The first kappa shape index (κ1) is 16.5. The van der Waals surface area contributed by atoms with Crippen molar-refractivity contribution in [3.8, 4) is 0 Å². The van der Waals surface area contributed by atoms with Gasteiger partial charge in [-0.1, -0.05) is 61.7 Å². The summed E-state index contributed by atoms with van der Waals surface area (Å²) < 4.78 is 0. The molecule has 4 nitrogen and oxygen atoms in total. The van der Waals surface area contributed by atoms with E-state index in [9.17, 15) is 14.7 Å². The fourth-order valence-electron chi connectivity index (χ4n) is 3.53. The Balaban J connectivity index is 1.78. The number of nitrogens with one attached hydrogen (secondary N) is 1. The van der Waals surface area contributed by atoms with E-state index in [0.29, 0.717) is 0 Å². The van der Waals surface area contributed by atoms with Crippen molar-refractivity contribution < 1.29 is 14.7 Å². The average Bonchev–Trinajstić information content (AvgIpc) is 2.60. The molecule has 3 rings (SSSR count). The van der Waals surface area contributed by atoms with Crippen LogP contribution in [0.4, 0.5) is 0 Å². The number of rotatable bonds is 5. The number of aliphatic carboxylic acids is 1. The van der Waals surface area contributed by atoms with E-state index in [1.54, 1.807) is 0 Å². The number of carboxylic acid groups (broad SMARTS) is 1. The zero-order valence-corrected chi connectivity index (χ0v) is 13.7. The molecule has 126 valence electrons. The second-order valence-electron chi connectivity index (χ2n) is 6.58. The molecule has 1 aliphatic rings. The molecule has 0 saturated heterocycles. The topological polar surface area (TPSA) is 66.4 Å². The summed E-state index contributed by atoms with van der Waals surface area (Å²) in [5, 5.41) is 14.6. The highest BCUT2D eigenvalue weighted by Gasteiger charge is 2.29. The molecule has 1 fully saturated rings. The van der Waals surface area contributed by atoms with Gasteiger partial charge in [0.1, 0.15) is 5.92 Å². The number of hydrogen-bond acceptors (Lipinski definition) is 2. The minimum absolute atomic E-state index is 0.126. The fraction of sp³-hybridized carbons (Fsp3) is 0.400. The molecular weight excluding hydrogens is 302 g/mol. The van der Waals surface area contributed by atoms with Crippen molar-refractivity contribution in [2.75, 3.05) is 0 Å². The van der Waals surface area contributed by atoms with E-state index in [1.165, 1.54) is 6.42 Å². The largest absolute Gasteiger partial charge is 0.481 e. The number of benzene rings is 2. The summed E-state index contributed by atoms with van der Waals surface area (Å²) in [6.07, 6.45) is 5.52. The Bertz CT molecular complexity index is 729. The van der Waals surface area contributed by atoms with Gasteiger partial charge in [-0.15, -0.1) is 0 Å². The molecule has 2 N–H and O–H groups in total. The predicted octanol–water partition coefficient (Wildman–Crippen LogP) is 3.53. The minimum Gasteiger partial charge on any atom is -0.481 e. The molecule has 1 amide bonds. The highest BCUT2D eigenvalue weighted by Crippen LogP contribution is 2.22. The molecule has 0 bridgehead atoms. The smallest absolute Gasteiger partial charge is 0.316 e. The molecule has 4 heteroatoms. The van der Waals surface area contributed by atoms with Gasteiger partial charge in [-0.25, -0.2) is 0 Å². The van der Waals surface area contributed by atoms with Crippen molar-refractivity contribution in [1.29, 1.82) is 0 Å². The molecular formula is C20H23NO3. The van der Waals surface area contributed by atoms with Crippen molar-refractivity contribution >= 4 is 22.6 Å². The minimum atomic E-state index is -1.06. The number of carbonyl (C=O) groups excluding carboxylic acids is 1. The van der Waals surface area contributed by atoms with E-state index in [0.717, 1.165) is 42.0 Å². The zero-order chi connectivity index (χ0) is 16.9. The molecule has 1 aliphatic carbocycles. The van der Waals surface area contributed by atoms with Crippen LogP contribution >= 0.6 is 0 Å². The zero-order valence-electron chi connectivity index (χ0n) is 13.7. The Morgan fingerprint density at radius 3 is 2.50 bits per heavy atom. The number of carboxylic acids is 1. The molecule has 0 heterocycles. The lowest BCUT2D eigenvalue weighted by atomic mass is 9.92. The van der Waals surface area contributed by atoms with Gasteiger partial charge in [0.15, 0.2) is 0 Å². The lowest BCUT2D eigenvalue weighted by molar-refractivity contribution is -0.147. The molecule has 1 saturated carbocycles. The van der Waals surface area contributed by atoms with Gasteiger partial charge in [0.05, 0.1) is 0 Å². The van der Waals surface area contributed by atoms with Crippen molar-refractivity contribution in [3.05, 3.63) is 48.0 Å². The molecule has 2 aromatic rings. The standard InChI is InChI=1S/C20H23NO3/c22-19(21-16-10-2-1-3-11-16)18(20(23)24)13-15-9-6-8-14-7-4-5-12-17(14)15/h4-9,12,16,18H,1-3,10-11,13H2,(H,21,22)(H,23,24). The summed E-state index contributed by atoms with van der Waals surface area (Å²) in [5.74, 6) is -2.46. The normalized spacial score (nSPS) is 16.7. The number of hydrogen-bond donors (Lipinski definition) is 2. The van der Waals surface area contributed by atoms with Gasteiger partial charge < -0.3 is 10.4 Å². The van der Waals surface area contributed by atoms with Crippen molar-refractivity contribution in [2.24, 2.45) is 5.92 Å². The van der Waals surface area contributed by atoms with Crippen LogP contribution < -0.4 is 5.32 Å². The molecule has 24 heavy (non-hydrogen) atoms. The molecule has 0 aromatic heterocycles. The molecule has 0 spiro atoms. The van der Waals surface area contributed by atoms with Crippen LogP contribution in [0.3, 0.4) is 0 Å². The first-order valence-electron chi connectivity index (χ1n) is 8.65. The summed E-state index contributed by atoms with van der Waals surface area (Å²) in [7, 11) is 0. The Labute approximate surface area is 141 Å². The van der Waals surface area contributed by atoms with Gasteiger partial charge in [0, 0.05) is 6.04 Å². The Morgan fingerprint density at radius 2 is 1.75 bits per heavy atom. The van der Waals surface area contributed by atoms with E-state index in [-0.39, 0.29) is 18.4 Å². The van der Waals surface area contributed by atoms with Crippen LogP contribution in [0.2, 0.25) is 0 Å². The molecule has 0 aliphatic heterocycles. The SMILES string of the molecule is O=C(O)C(Cc1cccc2ccccc12)C(=O)NC1CCCCC1. The molecule has 1 unspecified atom stereocenters. The van der Waals surface area contributed by atoms with Gasteiger partial charge in [0.2, 0.25) is 5.91 Å². The summed E-state index contributed by atoms with van der Waals surface area (Å²) in [6.45, 7) is 0. The lowest BCUT2D eigenvalue weighted by Crippen LogP contribution is -2.43. The predicted molar refractivity (Wildman–Crippen MR) is 93.8 cm³/mol. The summed E-state index contributed by atoms with van der Waals surface area (Å²) in [4.78, 5) is 24.2. The van der Waals surface area contributed by atoms with Crippen molar-refractivity contribution in [3.63, 3.8) is 0 Å².